The van der Waals surface area contributed by atoms with Gasteiger partial charge in [-0.2, -0.15) is 0 Å². The first kappa shape index (κ1) is 18.4. The Balaban J connectivity index is 1.60. The molecule has 3 rings (SSSR count). The number of aromatic nitrogens is 4. The van der Waals surface area contributed by atoms with Crippen LogP contribution in [0.3, 0.4) is 0 Å². The summed E-state index contributed by atoms with van der Waals surface area (Å²) in [6.45, 7) is 3.14. The minimum absolute atomic E-state index is 0.0777. The van der Waals surface area contributed by atoms with Crippen molar-refractivity contribution < 1.29 is 4.79 Å². The molecule has 0 saturated heterocycles. The molecule has 8 heteroatoms. The first-order chi connectivity index (χ1) is 12.7. The minimum Gasteiger partial charge on any atom is -0.351 e. The van der Waals surface area contributed by atoms with Gasteiger partial charge in [-0.15, -0.1) is 10.2 Å². The molecule has 1 aromatic carbocycles. The van der Waals surface area contributed by atoms with Gasteiger partial charge >= 0.3 is 0 Å². The summed E-state index contributed by atoms with van der Waals surface area (Å²) in [6.07, 6.45) is 3.44. The summed E-state index contributed by atoms with van der Waals surface area (Å²) in [5, 5.41) is 12.7. The Kier molecular flexibility index (Phi) is 6.25. The average molecular weight is 388 g/mol. The number of carbonyl (C=O) groups is 1. The Labute approximate surface area is 161 Å². The molecule has 2 heterocycles. The van der Waals surface area contributed by atoms with Crippen molar-refractivity contribution in [3.63, 3.8) is 0 Å². The zero-order chi connectivity index (χ0) is 18.4. The molecule has 0 aliphatic carbocycles. The molecule has 1 N–H and O–H groups in total. The number of benzene rings is 1. The molecule has 1 amide bonds. The minimum atomic E-state index is -0.0777. The van der Waals surface area contributed by atoms with Gasteiger partial charge in [0.15, 0.2) is 11.0 Å². The molecule has 6 nitrogen and oxygen atoms in total. The molecule has 0 unspecified atom stereocenters. The van der Waals surface area contributed by atoms with E-state index < -0.39 is 0 Å². The van der Waals surface area contributed by atoms with Gasteiger partial charge in [0.2, 0.25) is 5.91 Å². The fraction of sp³-hybridized carbons (Fsp3) is 0.222. The highest BCUT2D eigenvalue weighted by Crippen LogP contribution is 2.23. The summed E-state index contributed by atoms with van der Waals surface area (Å²) in [5.41, 5.74) is 1.84. The van der Waals surface area contributed by atoms with Gasteiger partial charge in [-0.05, 0) is 30.7 Å². The average Bonchev–Trinajstić information content (AvgIpc) is 3.09. The molecular weight excluding hydrogens is 370 g/mol. The Morgan fingerprint density at radius 1 is 1.19 bits per heavy atom. The molecule has 0 aliphatic rings. The van der Waals surface area contributed by atoms with E-state index in [1.165, 1.54) is 11.8 Å². The van der Waals surface area contributed by atoms with Crippen molar-refractivity contribution >= 4 is 29.3 Å². The number of nitrogens with zero attached hydrogens (tertiary/aromatic N) is 4. The summed E-state index contributed by atoms with van der Waals surface area (Å²) in [4.78, 5) is 16.2. The first-order valence-corrected chi connectivity index (χ1v) is 9.52. The van der Waals surface area contributed by atoms with Gasteiger partial charge < -0.3 is 9.88 Å². The molecule has 0 bridgehead atoms. The second-order valence-corrected chi connectivity index (χ2v) is 6.79. The molecule has 2 aromatic heterocycles. The van der Waals surface area contributed by atoms with Crippen LogP contribution in [0.2, 0.25) is 5.02 Å². The van der Waals surface area contributed by atoms with E-state index >= 15 is 0 Å². The van der Waals surface area contributed by atoms with Crippen molar-refractivity contribution in [2.45, 2.75) is 25.2 Å². The summed E-state index contributed by atoms with van der Waals surface area (Å²) < 4.78 is 1.99. The number of nitrogens with one attached hydrogen (secondary N) is 1. The van der Waals surface area contributed by atoms with Crippen LogP contribution in [-0.4, -0.2) is 31.4 Å². The number of carbonyl (C=O) groups excluding carboxylic acids is 1. The predicted octanol–water partition coefficient (Wildman–Crippen LogP) is 3.42. The maximum absolute atomic E-state index is 12.1. The van der Waals surface area contributed by atoms with Crippen molar-refractivity contribution in [2.75, 3.05) is 5.75 Å². The predicted molar refractivity (Wildman–Crippen MR) is 103 cm³/mol. The van der Waals surface area contributed by atoms with E-state index in [9.17, 15) is 4.79 Å². The van der Waals surface area contributed by atoms with Gasteiger partial charge in [0.1, 0.15) is 0 Å². The number of amides is 1. The van der Waals surface area contributed by atoms with E-state index in [1.807, 2.05) is 47.9 Å². The largest absolute Gasteiger partial charge is 0.351 e. The zero-order valence-corrected chi connectivity index (χ0v) is 15.8. The van der Waals surface area contributed by atoms with E-state index in [2.05, 4.69) is 20.5 Å². The van der Waals surface area contributed by atoms with Crippen LogP contribution in [0.25, 0.3) is 11.4 Å². The van der Waals surface area contributed by atoms with Gasteiger partial charge in [-0.1, -0.05) is 41.6 Å². The van der Waals surface area contributed by atoms with E-state index in [1.54, 1.807) is 12.4 Å². The monoisotopic (exact) mass is 387 g/mol. The summed E-state index contributed by atoms with van der Waals surface area (Å²) in [5.74, 6) is 0.957. The van der Waals surface area contributed by atoms with E-state index in [0.717, 1.165) is 17.0 Å². The normalized spacial score (nSPS) is 10.7. The van der Waals surface area contributed by atoms with Gasteiger partial charge in [-0.25, -0.2) is 0 Å². The molecule has 0 radical (unpaired) electrons. The second kappa shape index (κ2) is 8.82. The van der Waals surface area contributed by atoms with E-state index in [0.29, 0.717) is 23.3 Å². The lowest BCUT2D eigenvalue weighted by atomic mass is 10.2. The topological polar surface area (TPSA) is 72.7 Å². The van der Waals surface area contributed by atoms with Gasteiger partial charge in [-0.3, -0.25) is 9.78 Å². The molecule has 26 heavy (non-hydrogen) atoms. The molecule has 0 saturated carbocycles. The smallest absolute Gasteiger partial charge is 0.230 e. The molecule has 0 fully saturated rings. The molecule has 134 valence electrons. The Bertz CT molecular complexity index is 884. The van der Waals surface area contributed by atoms with Gasteiger partial charge in [0, 0.05) is 36.1 Å². The highest BCUT2D eigenvalue weighted by Gasteiger charge is 2.14. The van der Waals surface area contributed by atoms with Crippen molar-refractivity contribution in [3.8, 4) is 11.4 Å². The molecular formula is C18H18ClN5OS. The number of halogens is 1. The van der Waals surface area contributed by atoms with Crippen LogP contribution >= 0.6 is 23.4 Å². The Hall–Kier alpha value is -2.38. The van der Waals surface area contributed by atoms with Crippen LogP contribution in [-0.2, 0) is 17.9 Å². The zero-order valence-electron chi connectivity index (χ0n) is 14.2. The Morgan fingerprint density at radius 3 is 2.69 bits per heavy atom. The molecule has 3 aromatic rings. The fourth-order valence-corrected chi connectivity index (χ4v) is 3.45. The number of hydrogen-bond acceptors (Lipinski definition) is 5. The third-order valence-electron chi connectivity index (χ3n) is 3.74. The third-order valence-corrected chi connectivity index (χ3v) is 5.07. The number of thioether (sulfide) groups is 1. The van der Waals surface area contributed by atoms with Gasteiger partial charge in [0.25, 0.3) is 0 Å². The van der Waals surface area contributed by atoms with Crippen LogP contribution in [0, 0.1) is 0 Å². The van der Waals surface area contributed by atoms with E-state index in [4.69, 9.17) is 11.6 Å². The van der Waals surface area contributed by atoms with E-state index in [-0.39, 0.29) is 11.7 Å². The van der Waals surface area contributed by atoms with Crippen LogP contribution in [0.1, 0.15) is 12.5 Å². The van der Waals surface area contributed by atoms with Crippen molar-refractivity contribution in [2.24, 2.45) is 0 Å². The van der Waals surface area contributed by atoms with Gasteiger partial charge in [0.05, 0.1) is 5.75 Å². The number of rotatable bonds is 7. The summed E-state index contributed by atoms with van der Waals surface area (Å²) in [6, 6.07) is 11.2. The standard InChI is InChI=1S/C18H18ClN5OS/c1-2-24-17(13-7-9-20-10-8-13)22-23-18(24)26-12-16(25)21-11-14-5-3-4-6-15(14)19/h3-10H,2,11-12H2,1H3,(H,21,25). The van der Waals surface area contributed by atoms with Crippen molar-refractivity contribution in [1.29, 1.82) is 0 Å². The quantitative estimate of drug-likeness (QED) is 0.629. The highest BCUT2D eigenvalue weighted by atomic mass is 35.5. The fourth-order valence-electron chi connectivity index (χ4n) is 2.41. The highest BCUT2D eigenvalue weighted by molar-refractivity contribution is 7.99. The van der Waals surface area contributed by atoms with Crippen LogP contribution in [0.5, 0.6) is 0 Å². The first-order valence-electron chi connectivity index (χ1n) is 8.15. The lowest BCUT2D eigenvalue weighted by Crippen LogP contribution is -2.24. The van der Waals surface area contributed by atoms with Crippen molar-refractivity contribution in [3.05, 3.63) is 59.4 Å². The van der Waals surface area contributed by atoms with Crippen LogP contribution in [0.15, 0.2) is 53.9 Å². The second-order valence-electron chi connectivity index (χ2n) is 5.44. The molecule has 0 aliphatic heterocycles. The SMILES string of the molecule is CCn1c(SCC(=O)NCc2ccccc2Cl)nnc1-c1ccncc1. The number of pyridine rings is 1. The lowest BCUT2D eigenvalue weighted by molar-refractivity contribution is -0.118. The van der Waals surface area contributed by atoms with Crippen LogP contribution in [0.4, 0.5) is 0 Å². The number of hydrogen-bond donors (Lipinski definition) is 1. The summed E-state index contributed by atoms with van der Waals surface area (Å²) >= 11 is 7.46. The van der Waals surface area contributed by atoms with Crippen LogP contribution < -0.4 is 5.32 Å². The molecule has 0 spiro atoms. The third kappa shape index (κ3) is 4.42. The van der Waals surface area contributed by atoms with Crippen molar-refractivity contribution in [1.82, 2.24) is 25.1 Å². The maximum atomic E-state index is 12.1. The maximum Gasteiger partial charge on any atom is 0.230 e. The Morgan fingerprint density at radius 2 is 1.96 bits per heavy atom. The molecule has 0 atom stereocenters. The summed E-state index contributed by atoms with van der Waals surface area (Å²) in [7, 11) is 0. The lowest BCUT2D eigenvalue weighted by Gasteiger charge is -2.08.